The van der Waals surface area contributed by atoms with Crippen LogP contribution in [-0.2, 0) is 79.8 Å². The maximum Gasteiger partial charge on any atom is 0.412 e. The first kappa shape index (κ1) is 60.3. The Balaban J connectivity index is 2.05. The van der Waals surface area contributed by atoms with Gasteiger partial charge in [0, 0.05) is 49.0 Å². The molecule has 21 heteroatoms. The highest BCUT2D eigenvalue weighted by Gasteiger charge is 2.40. The van der Waals surface area contributed by atoms with Crippen LogP contribution in [0.15, 0.2) is 135 Å². The number of hydrogen-bond acceptors (Lipinski definition) is 18. The molecule has 2 aromatic rings. The van der Waals surface area contributed by atoms with Crippen molar-refractivity contribution >= 4 is 51.9 Å². The van der Waals surface area contributed by atoms with Crippen molar-refractivity contribution in [2.45, 2.75) is 48.3 Å². The first-order valence-corrected chi connectivity index (χ1v) is 23.7. The predicted molar refractivity (Wildman–Crippen MR) is 261 cm³/mol. The minimum Gasteiger partial charge on any atom is -0.508 e. The Morgan fingerprint density at radius 2 is 0.875 bits per heavy atom. The highest BCUT2D eigenvalue weighted by atomic mass is 32.2. The van der Waals surface area contributed by atoms with Crippen molar-refractivity contribution in [2.75, 3.05) is 65.9 Å². The first-order valence-electron chi connectivity index (χ1n) is 22.2. The molecular weight excluding hydrogens is 961 g/mol. The summed E-state index contributed by atoms with van der Waals surface area (Å²) in [6.07, 6.45) is 8.54. The number of nitrogens with one attached hydrogen (secondary N) is 2. The number of rotatable bonds is 35. The van der Waals surface area contributed by atoms with Gasteiger partial charge < -0.3 is 53.6 Å². The summed E-state index contributed by atoms with van der Waals surface area (Å²) >= 11 is 0. The second kappa shape index (κ2) is 31.4. The molecule has 20 nitrogen and oxygen atoms in total. The number of sulfone groups is 1. The fourth-order valence-corrected chi connectivity index (χ4v) is 7.47. The molecule has 0 fully saturated rings. The number of esters is 5. The Labute approximate surface area is 418 Å². The Kier molecular flexibility index (Phi) is 26.4. The number of unbranched alkanes of at least 4 members (excludes halogenated alkanes) is 3. The summed E-state index contributed by atoms with van der Waals surface area (Å²) in [7, 11) is -4.00. The smallest absolute Gasteiger partial charge is 0.412 e. The molecule has 72 heavy (non-hydrogen) atoms. The van der Waals surface area contributed by atoms with Crippen molar-refractivity contribution in [1.82, 2.24) is 10.6 Å². The van der Waals surface area contributed by atoms with Gasteiger partial charge >= 0.3 is 42.0 Å². The lowest BCUT2D eigenvalue weighted by molar-refractivity contribution is -0.166. The van der Waals surface area contributed by atoms with Gasteiger partial charge in [0.15, 0.2) is 0 Å². The molecule has 0 aliphatic carbocycles. The van der Waals surface area contributed by atoms with Gasteiger partial charge in [-0.05, 0) is 67.6 Å². The van der Waals surface area contributed by atoms with Crippen LogP contribution < -0.4 is 15.4 Å². The molecule has 0 unspecified atom stereocenters. The standard InChI is InChI=1S/C51H62N2O18S/c1-8-19-37-27-39(21-23-41(37)54)72(62,63)40-22-24-42(38(28-40)20-9-2)71-49(61)53-26-18-16-15-17-25-52-48(60)70-36-51(34-68-46(58)13-6,35-69-47(59)14-7)30-64-29-50(31-65-43(55)10-3,32-66-44(56)11-4)33-67-45(57)12-5/h8-14,21-24,27-28,54H,1-7,15-20,25-26,29-36H2,(H,52,60)(H,53,61). The summed E-state index contributed by atoms with van der Waals surface area (Å²) in [5.41, 5.74) is -2.37. The van der Waals surface area contributed by atoms with Gasteiger partial charge in [0.1, 0.15) is 51.1 Å². The normalized spacial score (nSPS) is 11.0. The van der Waals surface area contributed by atoms with Crippen LogP contribution in [0, 0.1) is 10.8 Å². The molecule has 390 valence electrons. The van der Waals surface area contributed by atoms with Gasteiger partial charge in [0.2, 0.25) is 9.84 Å². The Morgan fingerprint density at radius 3 is 1.29 bits per heavy atom. The molecule has 0 aliphatic heterocycles. The summed E-state index contributed by atoms with van der Waals surface area (Å²) in [4.78, 5) is 86.3. The van der Waals surface area contributed by atoms with E-state index in [0.29, 0.717) is 36.8 Å². The molecule has 0 saturated carbocycles. The lowest BCUT2D eigenvalue weighted by Crippen LogP contribution is -2.47. The van der Waals surface area contributed by atoms with Gasteiger partial charge in [-0.3, -0.25) is 0 Å². The highest BCUT2D eigenvalue weighted by molar-refractivity contribution is 7.91. The van der Waals surface area contributed by atoms with E-state index in [1.54, 1.807) is 6.08 Å². The lowest BCUT2D eigenvalue weighted by atomic mass is 9.90. The number of phenols is 1. The first-order chi connectivity index (χ1) is 34.3. The van der Waals surface area contributed by atoms with E-state index in [2.05, 4.69) is 56.7 Å². The van der Waals surface area contributed by atoms with Gasteiger partial charge in [-0.1, -0.05) is 57.9 Å². The van der Waals surface area contributed by atoms with Gasteiger partial charge in [-0.2, -0.15) is 0 Å². The number of phenolic OH excluding ortho intramolecular Hbond substituents is 1. The summed E-state index contributed by atoms with van der Waals surface area (Å²) in [6.45, 7) is 20.2. The van der Waals surface area contributed by atoms with Crippen molar-refractivity contribution in [3.63, 3.8) is 0 Å². The summed E-state index contributed by atoms with van der Waals surface area (Å²) < 4.78 is 70.2. The minimum absolute atomic E-state index is 0.0236. The molecule has 2 rings (SSSR count). The number of ether oxygens (including phenoxy) is 8. The van der Waals surface area contributed by atoms with Crippen LogP contribution in [0.4, 0.5) is 9.59 Å². The van der Waals surface area contributed by atoms with Gasteiger partial charge in [-0.15, -0.1) is 13.2 Å². The SMILES string of the molecule is C=CCc1cc(S(=O)(=O)c2ccc(OC(=O)NCCCCCCNC(=O)OCC(COCC(COC(=O)C=C)(COC(=O)C=C)COC(=O)C=C)(COC(=O)C=C)COC(=O)C=C)c(CC=C)c2)ccc1O. The van der Waals surface area contributed by atoms with E-state index in [4.69, 9.17) is 37.9 Å². The fraction of sp³-hybridized carbons (Fsp3) is 0.353. The molecule has 3 N–H and O–H groups in total. The molecule has 0 heterocycles. The molecule has 0 bridgehead atoms. The van der Waals surface area contributed by atoms with E-state index in [1.807, 2.05) is 0 Å². The summed E-state index contributed by atoms with van der Waals surface area (Å²) in [6, 6.07) is 8.10. The Bertz CT molecular complexity index is 2330. The molecule has 0 aromatic heterocycles. The van der Waals surface area contributed by atoms with E-state index < -0.39 is 116 Å². The molecule has 0 spiro atoms. The topological polar surface area (TPSA) is 272 Å². The number of allylic oxidation sites excluding steroid dienone is 2. The Hall–Kier alpha value is -7.78. The van der Waals surface area contributed by atoms with Crippen LogP contribution >= 0.6 is 0 Å². The zero-order valence-corrected chi connectivity index (χ0v) is 40.9. The van der Waals surface area contributed by atoms with Crippen molar-refractivity contribution in [3.05, 3.63) is 136 Å². The molecule has 0 atom stereocenters. The maximum absolute atomic E-state index is 13.5. The quantitative estimate of drug-likeness (QED) is 0.0246. The Morgan fingerprint density at radius 1 is 0.500 bits per heavy atom. The zero-order chi connectivity index (χ0) is 53.6. The van der Waals surface area contributed by atoms with Crippen LogP contribution in [0.5, 0.6) is 11.5 Å². The molecule has 2 aromatic carbocycles. The predicted octanol–water partition coefficient (Wildman–Crippen LogP) is 5.69. The molecule has 2 amide bonds. The third-order valence-electron chi connectivity index (χ3n) is 10.0. The highest BCUT2D eigenvalue weighted by Crippen LogP contribution is 2.31. The van der Waals surface area contributed by atoms with Crippen molar-refractivity contribution < 1.29 is 85.0 Å². The van der Waals surface area contributed by atoms with Gasteiger partial charge in [0.05, 0.1) is 33.8 Å². The van der Waals surface area contributed by atoms with Gasteiger partial charge in [-0.25, -0.2) is 42.0 Å². The van der Waals surface area contributed by atoms with E-state index in [9.17, 15) is 47.1 Å². The molecule has 0 radical (unpaired) electrons. The third-order valence-corrected chi connectivity index (χ3v) is 11.8. The summed E-state index contributed by atoms with van der Waals surface area (Å²) in [5.74, 6) is -4.29. The minimum atomic E-state index is -4.00. The maximum atomic E-state index is 13.5. The lowest BCUT2D eigenvalue weighted by Gasteiger charge is -2.35. The van der Waals surface area contributed by atoms with Crippen LogP contribution in [0.25, 0.3) is 0 Å². The number of alkyl carbamates (subject to hydrolysis) is 1. The molecular formula is C51H62N2O18S. The van der Waals surface area contributed by atoms with Crippen molar-refractivity contribution in [3.8, 4) is 11.5 Å². The molecule has 0 saturated heterocycles. The van der Waals surface area contributed by atoms with E-state index in [1.165, 1.54) is 42.5 Å². The summed E-state index contributed by atoms with van der Waals surface area (Å²) in [5, 5.41) is 15.4. The van der Waals surface area contributed by atoms with Crippen LogP contribution in [0.3, 0.4) is 0 Å². The van der Waals surface area contributed by atoms with Crippen LogP contribution in [0.2, 0.25) is 0 Å². The van der Waals surface area contributed by atoms with Crippen LogP contribution in [0.1, 0.15) is 36.8 Å². The second-order valence-corrected chi connectivity index (χ2v) is 17.8. The average Bonchev–Trinajstić information content (AvgIpc) is 3.38. The number of carbonyl (C=O) groups excluding carboxylic acids is 7. The molecule has 0 aliphatic rings. The number of hydrogen-bond donors (Lipinski definition) is 3. The van der Waals surface area contributed by atoms with Crippen molar-refractivity contribution in [2.24, 2.45) is 10.8 Å². The monoisotopic (exact) mass is 1020 g/mol. The van der Waals surface area contributed by atoms with Crippen molar-refractivity contribution in [1.29, 1.82) is 0 Å². The van der Waals surface area contributed by atoms with Gasteiger partial charge in [0.25, 0.3) is 0 Å². The number of carbonyl (C=O) groups is 7. The third kappa shape index (κ3) is 21.1. The largest absolute Gasteiger partial charge is 0.508 e. The number of benzene rings is 2. The van der Waals surface area contributed by atoms with E-state index in [0.717, 1.165) is 30.4 Å². The second-order valence-electron chi connectivity index (χ2n) is 15.8. The number of aromatic hydroxyl groups is 1. The average molecular weight is 1020 g/mol. The zero-order valence-electron chi connectivity index (χ0n) is 40.1. The fourth-order valence-electron chi connectivity index (χ4n) is 6.11. The van der Waals surface area contributed by atoms with E-state index in [-0.39, 0.29) is 47.2 Å². The van der Waals surface area contributed by atoms with Crippen LogP contribution in [-0.4, -0.2) is 122 Å². The van der Waals surface area contributed by atoms with E-state index >= 15 is 0 Å². The number of amides is 2.